The van der Waals surface area contributed by atoms with Crippen molar-refractivity contribution in [2.75, 3.05) is 31.1 Å². The van der Waals surface area contributed by atoms with Crippen LogP contribution in [0.4, 0.5) is 5.82 Å². The summed E-state index contributed by atoms with van der Waals surface area (Å²) >= 11 is 0. The number of pyridine rings is 1. The second-order valence-corrected chi connectivity index (χ2v) is 6.72. The summed E-state index contributed by atoms with van der Waals surface area (Å²) in [6, 6.07) is 14.8. The van der Waals surface area contributed by atoms with Gasteiger partial charge in [-0.15, -0.1) is 0 Å². The summed E-state index contributed by atoms with van der Waals surface area (Å²) in [5, 5.41) is 12.1. The third kappa shape index (κ3) is 4.65. The van der Waals surface area contributed by atoms with Crippen LogP contribution in [-0.4, -0.2) is 47.9 Å². The highest BCUT2D eigenvalue weighted by molar-refractivity contribution is 5.79. The van der Waals surface area contributed by atoms with E-state index in [4.69, 9.17) is 0 Å². The second-order valence-electron chi connectivity index (χ2n) is 6.72. The van der Waals surface area contributed by atoms with Gasteiger partial charge in [0.1, 0.15) is 11.9 Å². The molecule has 1 atom stereocenters. The van der Waals surface area contributed by atoms with Crippen molar-refractivity contribution in [1.29, 1.82) is 5.26 Å². The predicted octanol–water partition coefficient (Wildman–Crippen LogP) is 1.87. The van der Waals surface area contributed by atoms with Gasteiger partial charge < -0.3 is 15.1 Å². The monoisotopic (exact) mass is 377 g/mol. The van der Waals surface area contributed by atoms with Crippen molar-refractivity contribution in [2.24, 2.45) is 0 Å². The number of nitrogens with zero attached hydrogens (tertiary/aromatic N) is 4. The number of rotatable bonds is 5. The van der Waals surface area contributed by atoms with Crippen molar-refractivity contribution in [3.8, 4) is 6.07 Å². The van der Waals surface area contributed by atoms with Crippen LogP contribution < -0.4 is 10.2 Å². The number of aromatic nitrogens is 1. The molecule has 1 aromatic heterocycles. The van der Waals surface area contributed by atoms with E-state index in [9.17, 15) is 14.9 Å². The highest BCUT2D eigenvalue weighted by atomic mass is 16.2. The van der Waals surface area contributed by atoms with Gasteiger partial charge in [-0.05, 0) is 17.7 Å². The lowest BCUT2D eigenvalue weighted by Gasteiger charge is -2.36. The maximum atomic E-state index is 12.8. The largest absolute Gasteiger partial charge is 0.352 e. The zero-order valence-electron chi connectivity index (χ0n) is 15.8. The molecule has 7 heteroatoms. The fraction of sp³-hybridized carbons (Fsp3) is 0.333. The highest BCUT2D eigenvalue weighted by Gasteiger charge is 2.26. The molecular formula is C21H23N5O2. The van der Waals surface area contributed by atoms with Gasteiger partial charge in [-0.2, -0.15) is 5.26 Å². The molecule has 2 aromatic rings. The summed E-state index contributed by atoms with van der Waals surface area (Å²) < 4.78 is 0. The van der Waals surface area contributed by atoms with Crippen LogP contribution in [0.3, 0.4) is 0 Å². The van der Waals surface area contributed by atoms with E-state index in [1.165, 1.54) is 6.92 Å². The first-order chi connectivity index (χ1) is 13.6. The van der Waals surface area contributed by atoms with Crippen LogP contribution in [0.15, 0.2) is 48.7 Å². The average Bonchev–Trinajstić information content (AvgIpc) is 2.73. The summed E-state index contributed by atoms with van der Waals surface area (Å²) in [5.41, 5.74) is 1.45. The minimum atomic E-state index is -0.342. The molecule has 2 amide bonds. The predicted molar refractivity (Wildman–Crippen MR) is 105 cm³/mol. The molecule has 1 aliphatic heterocycles. The smallest absolute Gasteiger partial charge is 0.225 e. The Bertz CT molecular complexity index is 870. The Hall–Kier alpha value is -3.40. The molecule has 3 rings (SSSR count). The fourth-order valence-electron chi connectivity index (χ4n) is 3.39. The normalized spacial score (nSPS) is 14.9. The summed E-state index contributed by atoms with van der Waals surface area (Å²) in [4.78, 5) is 32.5. The van der Waals surface area contributed by atoms with Gasteiger partial charge in [-0.3, -0.25) is 9.59 Å². The lowest BCUT2D eigenvalue weighted by Crippen LogP contribution is -2.49. The van der Waals surface area contributed by atoms with Crippen molar-refractivity contribution in [3.63, 3.8) is 0 Å². The first-order valence-electron chi connectivity index (χ1n) is 9.28. The fourth-order valence-corrected chi connectivity index (χ4v) is 3.39. The van der Waals surface area contributed by atoms with E-state index >= 15 is 0 Å². The summed E-state index contributed by atoms with van der Waals surface area (Å²) in [7, 11) is 0. The number of nitriles is 1. The minimum Gasteiger partial charge on any atom is -0.352 e. The Morgan fingerprint density at radius 3 is 2.50 bits per heavy atom. The number of amides is 2. The first-order valence-corrected chi connectivity index (χ1v) is 9.28. The summed E-state index contributed by atoms with van der Waals surface area (Å²) in [6.07, 6.45) is 1.89. The number of hydrogen-bond acceptors (Lipinski definition) is 5. The van der Waals surface area contributed by atoms with E-state index in [0.29, 0.717) is 37.6 Å². The van der Waals surface area contributed by atoms with Crippen LogP contribution >= 0.6 is 0 Å². The lowest BCUT2D eigenvalue weighted by atomic mass is 10.0. The standard InChI is InChI=1S/C21H23N5O2/c1-16(27)24-19(17-6-3-2-4-7-17)14-20(28)25-10-12-26(13-11-25)21-18(15-22)8-5-9-23-21/h2-9,19H,10-14H2,1H3,(H,24,27). The van der Waals surface area contributed by atoms with Crippen LogP contribution in [0.25, 0.3) is 0 Å². The SMILES string of the molecule is CC(=O)NC(CC(=O)N1CCN(c2ncccc2C#N)CC1)c1ccccc1. The van der Waals surface area contributed by atoms with Gasteiger partial charge in [-0.1, -0.05) is 30.3 Å². The lowest BCUT2D eigenvalue weighted by molar-refractivity contribution is -0.132. The van der Waals surface area contributed by atoms with Gasteiger partial charge in [0.05, 0.1) is 18.0 Å². The number of anilines is 1. The Morgan fingerprint density at radius 1 is 1.14 bits per heavy atom. The van der Waals surface area contributed by atoms with Crippen LogP contribution in [0, 0.1) is 11.3 Å². The molecule has 0 radical (unpaired) electrons. The molecule has 2 heterocycles. The third-order valence-electron chi connectivity index (χ3n) is 4.80. The van der Waals surface area contributed by atoms with Crippen molar-refractivity contribution < 1.29 is 9.59 Å². The molecule has 1 saturated heterocycles. The molecule has 0 bridgehead atoms. The van der Waals surface area contributed by atoms with Gasteiger partial charge in [0.25, 0.3) is 0 Å². The number of hydrogen-bond donors (Lipinski definition) is 1. The van der Waals surface area contributed by atoms with E-state index in [0.717, 1.165) is 5.56 Å². The van der Waals surface area contributed by atoms with E-state index in [2.05, 4.69) is 16.4 Å². The summed E-state index contributed by atoms with van der Waals surface area (Å²) in [5.74, 6) is 0.506. The van der Waals surface area contributed by atoms with Gasteiger partial charge in [-0.25, -0.2) is 4.98 Å². The zero-order chi connectivity index (χ0) is 19.9. The highest BCUT2D eigenvalue weighted by Crippen LogP contribution is 2.21. The molecule has 1 aromatic carbocycles. The first kappa shape index (κ1) is 19.4. The van der Waals surface area contributed by atoms with Crippen LogP contribution in [-0.2, 0) is 9.59 Å². The van der Waals surface area contributed by atoms with Gasteiger partial charge in [0.15, 0.2) is 0 Å². The van der Waals surface area contributed by atoms with Gasteiger partial charge in [0, 0.05) is 39.3 Å². The molecule has 1 unspecified atom stereocenters. The molecule has 144 valence electrons. The molecule has 0 saturated carbocycles. The minimum absolute atomic E-state index is 0.00350. The Balaban J connectivity index is 1.62. The number of nitrogens with one attached hydrogen (secondary N) is 1. The number of benzene rings is 1. The maximum Gasteiger partial charge on any atom is 0.225 e. The van der Waals surface area contributed by atoms with Crippen LogP contribution in [0.5, 0.6) is 0 Å². The average molecular weight is 377 g/mol. The molecular weight excluding hydrogens is 354 g/mol. The Kier molecular flexibility index (Phi) is 6.22. The van der Waals surface area contributed by atoms with E-state index in [1.807, 2.05) is 40.1 Å². The third-order valence-corrected chi connectivity index (χ3v) is 4.80. The van der Waals surface area contributed by atoms with Crippen molar-refractivity contribution in [3.05, 3.63) is 59.8 Å². The van der Waals surface area contributed by atoms with Gasteiger partial charge in [0.2, 0.25) is 11.8 Å². The van der Waals surface area contributed by atoms with E-state index < -0.39 is 0 Å². The van der Waals surface area contributed by atoms with Crippen molar-refractivity contribution >= 4 is 17.6 Å². The zero-order valence-corrected chi connectivity index (χ0v) is 15.8. The van der Waals surface area contributed by atoms with Gasteiger partial charge >= 0.3 is 0 Å². The molecule has 0 aliphatic carbocycles. The molecule has 1 fully saturated rings. The topological polar surface area (TPSA) is 89.3 Å². The molecule has 7 nitrogen and oxygen atoms in total. The maximum absolute atomic E-state index is 12.8. The quantitative estimate of drug-likeness (QED) is 0.859. The molecule has 28 heavy (non-hydrogen) atoms. The molecule has 1 N–H and O–H groups in total. The number of carbonyl (C=O) groups excluding carboxylic acids is 2. The van der Waals surface area contributed by atoms with Crippen LogP contribution in [0.2, 0.25) is 0 Å². The number of carbonyl (C=O) groups is 2. The number of piperazine rings is 1. The second kappa shape index (κ2) is 9.00. The summed E-state index contributed by atoms with van der Waals surface area (Å²) in [6.45, 7) is 3.81. The van der Waals surface area contributed by atoms with E-state index in [1.54, 1.807) is 18.3 Å². The Morgan fingerprint density at radius 2 is 1.86 bits per heavy atom. The Labute approximate surface area is 164 Å². The van der Waals surface area contributed by atoms with Crippen molar-refractivity contribution in [2.45, 2.75) is 19.4 Å². The molecule has 0 spiro atoms. The van der Waals surface area contributed by atoms with Crippen LogP contribution in [0.1, 0.15) is 30.5 Å². The molecule has 1 aliphatic rings. The van der Waals surface area contributed by atoms with Crippen molar-refractivity contribution in [1.82, 2.24) is 15.2 Å². The van der Waals surface area contributed by atoms with E-state index in [-0.39, 0.29) is 24.3 Å².